The summed E-state index contributed by atoms with van der Waals surface area (Å²) in [6, 6.07) is 0.434. The minimum Gasteiger partial charge on any atom is -0.353 e. The maximum atomic E-state index is 12.7. The average Bonchev–Trinajstić information content (AvgIpc) is 3.13. The van der Waals surface area contributed by atoms with Crippen molar-refractivity contribution in [3.8, 4) is 0 Å². The molecule has 2 heterocycles. The van der Waals surface area contributed by atoms with Gasteiger partial charge in [0.05, 0.1) is 0 Å². The number of aromatic nitrogens is 4. The van der Waals surface area contributed by atoms with Crippen molar-refractivity contribution in [2.45, 2.75) is 51.7 Å². The first-order valence-corrected chi connectivity index (χ1v) is 8.61. The highest BCUT2D eigenvalue weighted by Crippen LogP contribution is 2.23. The number of fused-ring (bicyclic) bond motifs is 1. The Hall–Kier alpha value is -2.35. The first kappa shape index (κ1) is 17.5. The van der Waals surface area contributed by atoms with Crippen LogP contribution in [0.3, 0.4) is 0 Å². The van der Waals surface area contributed by atoms with E-state index in [1.165, 1.54) is 11.6 Å². The molecule has 0 unspecified atom stereocenters. The van der Waals surface area contributed by atoms with Crippen LogP contribution in [0.5, 0.6) is 0 Å². The van der Waals surface area contributed by atoms with Crippen molar-refractivity contribution in [3.63, 3.8) is 0 Å². The Morgan fingerprint density at radius 1 is 1.28 bits per heavy atom. The summed E-state index contributed by atoms with van der Waals surface area (Å²) < 4.78 is 4.40. The first-order chi connectivity index (χ1) is 11.8. The van der Waals surface area contributed by atoms with Crippen LogP contribution in [0.1, 0.15) is 33.1 Å². The van der Waals surface area contributed by atoms with Crippen molar-refractivity contribution in [2.75, 3.05) is 5.32 Å². The second-order valence-electron chi connectivity index (χ2n) is 7.12. The molecule has 0 spiro atoms. The van der Waals surface area contributed by atoms with E-state index in [9.17, 15) is 9.59 Å². The Morgan fingerprint density at radius 3 is 2.60 bits per heavy atom. The zero-order chi connectivity index (χ0) is 18.3. The molecule has 2 atom stereocenters. The zero-order valence-corrected chi connectivity index (χ0v) is 15.2. The second-order valence-corrected chi connectivity index (χ2v) is 7.12. The third-order valence-corrected chi connectivity index (χ3v) is 4.84. The largest absolute Gasteiger partial charge is 0.353 e. The van der Waals surface area contributed by atoms with Crippen molar-refractivity contribution in [1.82, 2.24) is 18.7 Å². The molecule has 0 aliphatic heterocycles. The van der Waals surface area contributed by atoms with E-state index in [1.807, 2.05) is 24.5 Å². The summed E-state index contributed by atoms with van der Waals surface area (Å²) in [6.07, 6.45) is 4.87. The van der Waals surface area contributed by atoms with Crippen molar-refractivity contribution >= 4 is 17.1 Å². The monoisotopic (exact) mass is 346 g/mol. The van der Waals surface area contributed by atoms with Crippen molar-refractivity contribution < 1.29 is 0 Å². The fraction of sp³-hybridized carbons (Fsp3) is 0.588. The predicted octanol–water partition coefficient (Wildman–Crippen LogP) is 0.692. The van der Waals surface area contributed by atoms with Crippen LogP contribution in [0, 0.1) is 0 Å². The van der Waals surface area contributed by atoms with Gasteiger partial charge in [-0.15, -0.1) is 0 Å². The summed E-state index contributed by atoms with van der Waals surface area (Å²) in [5.74, 6) is 0.616. The average molecular weight is 346 g/mol. The summed E-state index contributed by atoms with van der Waals surface area (Å²) in [7, 11) is 3.13. The molecule has 0 amide bonds. The lowest BCUT2D eigenvalue weighted by Crippen LogP contribution is -2.37. The van der Waals surface area contributed by atoms with E-state index in [2.05, 4.69) is 10.3 Å². The van der Waals surface area contributed by atoms with E-state index in [1.54, 1.807) is 7.05 Å². The molecule has 8 nitrogen and oxygen atoms in total. The van der Waals surface area contributed by atoms with Gasteiger partial charge in [0.2, 0.25) is 5.95 Å². The molecule has 3 rings (SSSR count). The van der Waals surface area contributed by atoms with E-state index >= 15 is 0 Å². The van der Waals surface area contributed by atoms with Crippen molar-refractivity contribution in [1.29, 1.82) is 0 Å². The first-order valence-electron chi connectivity index (χ1n) is 8.61. The van der Waals surface area contributed by atoms with E-state index in [-0.39, 0.29) is 23.3 Å². The quantitative estimate of drug-likeness (QED) is 0.794. The zero-order valence-electron chi connectivity index (χ0n) is 15.2. The van der Waals surface area contributed by atoms with Crippen LogP contribution >= 0.6 is 0 Å². The van der Waals surface area contributed by atoms with Gasteiger partial charge in [-0.3, -0.25) is 13.9 Å². The highest BCUT2D eigenvalue weighted by molar-refractivity contribution is 5.74. The third-order valence-electron chi connectivity index (χ3n) is 4.84. The second kappa shape index (κ2) is 6.51. The van der Waals surface area contributed by atoms with Crippen molar-refractivity contribution in [3.05, 3.63) is 32.5 Å². The van der Waals surface area contributed by atoms with E-state index in [4.69, 9.17) is 5.73 Å². The molecule has 25 heavy (non-hydrogen) atoms. The number of nitrogens with zero attached hydrogens (tertiary/aromatic N) is 4. The van der Waals surface area contributed by atoms with Gasteiger partial charge in [-0.25, -0.2) is 4.79 Å². The number of allylic oxidation sites excluding steroid dienone is 2. The van der Waals surface area contributed by atoms with Crippen LogP contribution in [0.4, 0.5) is 5.95 Å². The minimum atomic E-state index is -0.376. The fourth-order valence-corrected chi connectivity index (χ4v) is 3.34. The summed E-state index contributed by atoms with van der Waals surface area (Å²) >= 11 is 0. The number of imidazole rings is 1. The Bertz CT molecular complexity index is 945. The van der Waals surface area contributed by atoms with Gasteiger partial charge in [-0.05, 0) is 33.1 Å². The molecule has 1 saturated carbocycles. The lowest BCUT2D eigenvalue weighted by Gasteiger charge is -2.14. The van der Waals surface area contributed by atoms with Gasteiger partial charge in [-0.2, -0.15) is 4.98 Å². The number of nitrogens with one attached hydrogen (secondary N) is 1. The lowest BCUT2D eigenvalue weighted by atomic mass is 10.2. The van der Waals surface area contributed by atoms with Crippen LogP contribution in [0.2, 0.25) is 0 Å². The Balaban J connectivity index is 2.17. The SMILES string of the molecule is CC(C)=CCn1c(N[C@H]2CC[C@@H](N)C2)nc2c1c(=O)n(C)c(=O)n2C. The Kier molecular flexibility index (Phi) is 4.55. The van der Waals surface area contributed by atoms with Gasteiger partial charge < -0.3 is 15.6 Å². The molecule has 1 fully saturated rings. The molecular weight excluding hydrogens is 320 g/mol. The summed E-state index contributed by atoms with van der Waals surface area (Å²) in [6.45, 7) is 4.54. The minimum absolute atomic E-state index is 0.199. The van der Waals surface area contributed by atoms with Gasteiger partial charge in [0.15, 0.2) is 11.2 Å². The molecule has 1 aliphatic rings. The third kappa shape index (κ3) is 3.13. The molecule has 2 aromatic heterocycles. The maximum absolute atomic E-state index is 12.7. The Morgan fingerprint density at radius 2 is 2.00 bits per heavy atom. The number of rotatable bonds is 4. The number of nitrogens with two attached hydrogens (primary N) is 1. The molecule has 0 aromatic carbocycles. The smallest absolute Gasteiger partial charge is 0.332 e. The Labute approximate surface area is 146 Å². The molecule has 0 bridgehead atoms. The maximum Gasteiger partial charge on any atom is 0.332 e. The van der Waals surface area contributed by atoms with Crippen LogP contribution in [-0.2, 0) is 20.6 Å². The summed E-state index contributed by atoms with van der Waals surface area (Å²) in [4.78, 5) is 29.5. The van der Waals surface area contributed by atoms with E-state index < -0.39 is 0 Å². The topological polar surface area (TPSA) is 99.9 Å². The van der Waals surface area contributed by atoms with Crippen LogP contribution in [0.15, 0.2) is 21.2 Å². The van der Waals surface area contributed by atoms with Gasteiger partial charge in [0, 0.05) is 32.7 Å². The van der Waals surface area contributed by atoms with Gasteiger partial charge in [0.25, 0.3) is 5.56 Å². The summed E-state index contributed by atoms with van der Waals surface area (Å²) in [5, 5.41) is 3.43. The molecule has 136 valence electrons. The van der Waals surface area contributed by atoms with Crippen LogP contribution in [-0.4, -0.2) is 30.8 Å². The molecular formula is C17H26N6O2. The molecule has 1 aliphatic carbocycles. The predicted molar refractivity (Wildman–Crippen MR) is 98.9 cm³/mol. The van der Waals surface area contributed by atoms with Gasteiger partial charge in [0.1, 0.15) is 0 Å². The molecule has 0 radical (unpaired) electrons. The van der Waals surface area contributed by atoms with Crippen molar-refractivity contribution in [2.24, 2.45) is 19.8 Å². The number of hydrogen-bond acceptors (Lipinski definition) is 5. The number of aryl methyl sites for hydroxylation is 1. The molecule has 8 heteroatoms. The molecule has 0 saturated heterocycles. The highest BCUT2D eigenvalue weighted by Gasteiger charge is 2.25. The molecule has 3 N–H and O–H groups in total. The fourth-order valence-electron chi connectivity index (χ4n) is 3.34. The standard InChI is InChI=1S/C17H26N6O2/c1-10(2)7-8-23-13-14(21(3)17(25)22(4)15(13)24)20-16(23)19-12-6-5-11(18)9-12/h7,11-12H,5-6,8-9,18H2,1-4H3,(H,19,20)/t11-,12+/m1/s1. The number of hydrogen-bond donors (Lipinski definition) is 2. The number of anilines is 1. The normalized spacial score (nSPS) is 20.2. The van der Waals surface area contributed by atoms with Gasteiger partial charge >= 0.3 is 5.69 Å². The van der Waals surface area contributed by atoms with Crippen LogP contribution < -0.4 is 22.3 Å². The van der Waals surface area contributed by atoms with Crippen LogP contribution in [0.25, 0.3) is 11.2 Å². The van der Waals surface area contributed by atoms with E-state index in [0.717, 1.165) is 29.4 Å². The van der Waals surface area contributed by atoms with Gasteiger partial charge in [-0.1, -0.05) is 11.6 Å². The molecule has 2 aromatic rings. The highest BCUT2D eigenvalue weighted by atomic mass is 16.2. The van der Waals surface area contributed by atoms with E-state index in [0.29, 0.717) is 23.7 Å². The lowest BCUT2D eigenvalue weighted by molar-refractivity contribution is 0.680. The summed E-state index contributed by atoms with van der Waals surface area (Å²) in [5.41, 5.74) is 7.29.